The van der Waals surface area contributed by atoms with Gasteiger partial charge in [0.25, 0.3) is 5.69 Å². The fourth-order valence-electron chi connectivity index (χ4n) is 1.85. The summed E-state index contributed by atoms with van der Waals surface area (Å²) in [5, 5.41) is 13.9. The standard InChI is InChI=1S/C10H12N2O2/c1-7-3-2-4-9(12(13)14)10(7)8-5-11-6-8/h2-4,8,11H,5-6H2,1H3. The highest BCUT2D eigenvalue weighted by Gasteiger charge is 2.27. The fourth-order valence-corrected chi connectivity index (χ4v) is 1.85. The lowest BCUT2D eigenvalue weighted by Gasteiger charge is -2.28. The topological polar surface area (TPSA) is 55.2 Å². The van der Waals surface area contributed by atoms with E-state index in [4.69, 9.17) is 0 Å². The largest absolute Gasteiger partial charge is 0.315 e. The fraction of sp³-hybridized carbons (Fsp3) is 0.400. The van der Waals surface area contributed by atoms with Gasteiger partial charge in [0.1, 0.15) is 0 Å². The van der Waals surface area contributed by atoms with Crippen LogP contribution in [-0.2, 0) is 0 Å². The van der Waals surface area contributed by atoms with Crippen LogP contribution in [0.25, 0.3) is 0 Å². The second-order valence-electron chi connectivity index (χ2n) is 3.62. The predicted molar refractivity (Wildman–Crippen MR) is 53.4 cm³/mol. The number of benzene rings is 1. The highest BCUT2D eigenvalue weighted by Crippen LogP contribution is 2.31. The Hall–Kier alpha value is -1.42. The second kappa shape index (κ2) is 3.38. The van der Waals surface area contributed by atoms with Gasteiger partial charge in [-0.1, -0.05) is 12.1 Å². The van der Waals surface area contributed by atoms with Crippen molar-refractivity contribution < 1.29 is 4.92 Å². The van der Waals surface area contributed by atoms with Gasteiger partial charge in [-0.05, 0) is 12.5 Å². The van der Waals surface area contributed by atoms with Crippen LogP contribution in [0.1, 0.15) is 17.0 Å². The van der Waals surface area contributed by atoms with Crippen LogP contribution in [0.3, 0.4) is 0 Å². The van der Waals surface area contributed by atoms with Crippen LogP contribution in [-0.4, -0.2) is 18.0 Å². The number of nitrogens with zero attached hydrogens (tertiary/aromatic N) is 1. The number of nitro groups is 1. The third-order valence-electron chi connectivity index (χ3n) is 2.69. The zero-order valence-corrected chi connectivity index (χ0v) is 7.99. The Kier molecular flexibility index (Phi) is 2.21. The van der Waals surface area contributed by atoms with E-state index in [1.54, 1.807) is 12.1 Å². The minimum Gasteiger partial charge on any atom is -0.315 e. The molecule has 1 aromatic rings. The van der Waals surface area contributed by atoms with Gasteiger partial charge < -0.3 is 5.32 Å². The molecule has 1 aromatic carbocycles. The molecule has 1 N–H and O–H groups in total. The van der Waals surface area contributed by atoms with Crippen molar-refractivity contribution in [2.24, 2.45) is 0 Å². The molecule has 0 atom stereocenters. The molecule has 0 radical (unpaired) electrons. The SMILES string of the molecule is Cc1cccc([N+](=O)[O-])c1C1CNC1. The molecule has 2 rings (SSSR count). The minimum atomic E-state index is -0.291. The molecule has 1 heterocycles. The van der Waals surface area contributed by atoms with Crippen molar-refractivity contribution >= 4 is 5.69 Å². The van der Waals surface area contributed by atoms with E-state index >= 15 is 0 Å². The van der Waals surface area contributed by atoms with Crippen LogP contribution in [0.15, 0.2) is 18.2 Å². The van der Waals surface area contributed by atoms with Crippen molar-refractivity contribution in [2.45, 2.75) is 12.8 Å². The lowest BCUT2D eigenvalue weighted by molar-refractivity contribution is -0.385. The van der Waals surface area contributed by atoms with Gasteiger partial charge >= 0.3 is 0 Å². The van der Waals surface area contributed by atoms with Gasteiger partial charge in [-0.3, -0.25) is 10.1 Å². The molecular formula is C10H12N2O2. The van der Waals surface area contributed by atoms with Crippen LogP contribution >= 0.6 is 0 Å². The second-order valence-corrected chi connectivity index (χ2v) is 3.62. The average molecular weight is 192 g/mol. The van der Waals surface area contributed by atoms with Crippen molar-refractivity contribution in [3.05, 3.63) is 39.4 Å². The molecule has 0 spiro atoms. The van der Waals surface area contributed by atoms with Crippen molar-refractivity contribution in [2.75, 3.05) is 13.1 Å². The monoisotopic (exact) mass is 192 g/mol. The van der Waals surface area contributed by atoms with Crippen LogP contribution < -0.4 is 5.32 Å². The normalized spacial score (nSPS) is 16.4. The van der Waals surface area contributed by atoms with E-state index < -0.39 is 0 Å². The Labute approximate surface area is 82.1 Å². The summed E-state index contributed by atoms with van der Waals surface area (Å²) in [5.74, 6) is 0.316. The highest BCUT2D eigenvalue weighted by atomic mass is 16.6. The van der Waals surface area contributed by atoms with Crippen molar-refractivity contribution in [3.8, 4) is 0 Å². The van der Waals surface area contributed by atoms with E-state index in [2.05, 4.69) is 5.32 Å². The maximum atomic E-state index is 10.8. The number of nitrogens with one attached hydrogen (secondary N) is 1. The van der Waals surface area contributed by atoms with Gasteiger partial charge in [0.2, 0.25) is 0 Å². The Morgan fingerprint density at radius 2 is 2.21 bits per heavy atom. The quantitative estimate of drug-likeness (QED) is 0.571. The van der Waals surface area contributed by atoms with Crippen molar-refractivity contribution in [3.63, 3.8) is 0 Å². The molecule has 1 aliphatic rings. The number of hydrogen-bond acceptors (Lipinski definition) is 3. The summed E-state index contributed by atoms with van der Waals surface area (Å²) in [6.45, 7) is 3.64. The summed E-state index contributed by atoms with van der Waals surface area (Å²) in [5.41, 5.74) is 2.18. The van der Waals surface area contributed by atoms with E-state index in [1.807, 2.05) is 13.0 Å². The Balaban J connectivity index is 2.47. The number of rotatable bonds is 2. The lowest BCUT2D eigenvalue weighted by atomic mass is 9.89. The Morgan fingerprint density at radius 3 is 2.71 bits per heavy atom. The first-order valence-corrected chi connectivity index (χ1v) is 4.65. The van der Waals surface area contributed by atoms with Gasteiger partial charge in [0.05, 0.1) is 4.92 Å². The third-order valence-corrected chi connectivity index (χ3v) is 2.69. The molecule has 1 saturated heterocycles. The summed E-state index contributed by atoms with van der Waals surface area (Å²) in [7, 11) is 0. The molecule has 74 valence electrons. The smallest absolute Gasteiger partial charge is 0.273 e. The van der Waals surface area contributed by atoms with E-state index in [0.717, 1.165) is 24.2 Å². The van der Waals surface area contributed by atoms with Crippen molar-refractivity contribution in [1.82, 2.24) is 5.32 Å². The highest BCUT2D eigenvalue weighted by molar-refractivity contribution is 5.48. The van der Waals surface area contributed by atoms with Gasteiger partial charge in [-0.2, -0.15) is 0 Å². The first-order chi connectivity index (χ1) is 6.70. The summed E-state index contributed by atoms with van der Waals surface area (Å²) >= 11 is 0. The number of aryl methyl sites for hydroxylation is 1. The van der Waals surface area contributed by atoms with Crippen LogP contribution in [0.4, 0.5) is 5.69 Å². The molecule has 0 aromatic heterocycles. The zero-order valence-electron chi connectivity index (χ0n) is 7.99. The predicted octanol–water partition coefficient (Wildman–Crippen LogP) is 1.59. The molecule has 4 heteroatoms. The van der Waals surface area contributed by atoms with Crippen LogP contribution in [0.2, 0.25) is 0 Å². The first-order valence-electron chi connectivity index (χ1n) is 4.65. The molecule has 0 amide bonds. The van der Waals surface area contributed by atoms with Gasteiger partial charge in [0, 0.05) is 30.6 Å². The molecular weight excluding hydrogens is 180 g/mol. The first kappa shape index (κ1) is 9.15. The molecule has 0 bridgehead atoms. The van der Waals surface area contributed by atoms with E-state index in [9.17, 15) is 10.1 Å². The minimum absolute atomic E-state index is 0.261. The molecule has 4 nitrogen and oxygen atoms in total. The van der Waals surface area contributed by atoms with E-state index in [1.165, 1.54) is 0 Å². The van der Waals surface area contributed by atoms with Gasteiger partial charge in [-0.15, -0.1) is 0 Å². The summed E-state index contributed by atoms with van der Waals surface area (Å²) in [4.78, 5) is 10.5. The summed E-state index contributed by atoms with van der Waals surface area (Å²) in [6, 6.07) is 5.25. The van der Waals surface area contributed by atoms with Gasteiger partial charge in [-0.25, -0.2) is 0 Å². The maximum absolute atomic E-state index is 10.8. The average Bonchev–Trinajstić information content (AvgIpc) is 2.04. The zero-order chi connectivity index (χ0) is 10.1. The molecule has 1 aliphatic heterocycles. The van der Waals surface area contributed by atoms with Gasteiger partial charge in [0.15, 0.2) is 0 Å². The van der Waals surface area contributed by atoms with E-state index in [-0.39, 0.29) is 10.6 Å². The summed E-state index contributed by atoms with van der Waals surface area (Å²) in [6.07, 6.45) is 0. The molecule has 0 unspecified atom stereocenters. The summed E-state index contributed by atoms with van der Waals surface area (Å²) < 4.78 is 0. The molecule has 14 heavy (non-hydrogen) atoms. The Morgan fingerprint density at radius 1 is 1.50 bits per heavy atom. The van der Waals surface area contributed by atoms with Crippen LogP contribution in [0.5, 0.6) is 0 Å². The maximum Gasteiger partial charge on any atom is 0.273 e. The molecule has 0 aliphatic carbocycles. The number of hydrogen-bond donors (Lipinski definition) is 1. The van der Waals surface area contributed by atoms with Crippen molar-refractivity contribution in [1.29, 1.82) is 0 Å². The number of nitro benzene ring substituents is 1. The molecule has 1 fully saturated rings. The Bertz CT molecular complexity index is 372. The van der Waals surface area contributed by atoms with E-state index in [0.29, 0.717) is 5.92 Å². The van der Waals surface area contributed by atoms with Crippen LogP contribution in [0, 0.1) is 17.0 Å². The third kappa shape index (κ3) is 1.37. The molecule has 0 saturated carbocycles. The lowest BCUT2D eigenvalue weighted by Crippen LogP contribution is -2.40.